The van der Waals surface area contributed by atoms with Gasteiger partial charge in [-0.2, -0.15) is 0 Å². The summed E-state index contributed by atoms with van der Waals surface area (Å²) in [6.07, 6.45) is 0.455. The molecule has 1 aliphatic carbocycles. The summed E-state index contributed by atoms with van der Waals surface area (Å²) in [7, 11) is 0. The third-order valence-electron chi connectivity index (χ3n) is 4.79. The molecule has 0 amide bonds. The van der Waals surface area contributed by atoms with Crippen LogP contribution in [-0.4, -0.2) is 46.3 Å². The van der Waals surface area contributed by atoms with Crippen molar-refractivity contribution < 1.29 is 28.6 Å². The van der Waals surface area contributed by atoms with Gasteiger partial charge in [-0.25, -0.2) is 4.98 Å². The van der Waals surface area contributed by atoms with Gasteiger partial charge < -0.3 is 18.8 Å². The van der Waals surface area contributed by atoms with Crippen molar-refractivity contribution in [2.75, 3.05) is 6.61 Å². The summed E-state index contributed by atoms with van der Waals surface area (Å²) in [5, 5.41) is 0.730. The van der Waals surface area contributed by atoms with Crippen LogP contribution in [0.25, 0.3) is 11.0 Å². The zero-order chi connectivity index (χ0) is 21.3. The van der Waals surface area contributed by atoms with Gasteiger partial charge in [0.25, 0.3) is 0 Å². The Balaban J connectivity index is 2.03. The van der Waals surface area contributed by atoms with E-state index in [1.165, 1.54) is 20.8 Å². The Labute approximate surface area is 177 Å². The number of hydrogen-bond acceptors (Lipinski definition) is 7. The van der Waals surface area contributed by atoms with Crippen molar-refractivity contribution in [2.24, 2.45) is 5.92 Å². The van der Waals surface area contributed by atoms with Crippen LogP contribution in [-0.2, 0) is 28.6 Å². The highest BCUT2D eigenvalue weighted by Gasteiger charge is 2.49. The third kappa shape index (κ3) is 4.64. The van der Waals surface area contributed by atoms with E-state index in [9.17, 15) is 14.4 Å². The van der Waals surface area contributed by atoms with Crippen LogP contribution in [0.15, 0.2) is 18.5 Å². The minimum atomic E-state index is -0.788. The molecule has 0 aliphatic heterocycles. The van der Waals surface area contributed by atoms with E-state index >= 15 is 0 Å². The Bertz CT molecular complexity index is 960. The molecule has 29 heavy (non-hydrogen) atoms. The fraction of sp³-hybridized carbons (Fsp3) is 0.474. The molecule has 0 bridgehead atoms. The van der Waals surface area contributed by atoms with Gasteiger partial charge in [0.05, 0.1) is 40.1 Å². The van der Waals surface area contributed by atoms with Crippen molar-refractivity contribution in [3.05, 3.63) is 28.5 Å². The SMILES string of the molecule is CC(=O)OC[C@@H]1C[C@H](n2cnc3cc(Cl)c(Cl)cc32)[C@@H](OC(C)=O)[C@H]1OC(C)=O. The molecule has 1 aliphatic rings. The molecule has 4 atom stereocenters. The second kappa shape index (κ2) is 8.59. The Kier molecular flexibility index (Phi) is 6.33. The van der Waals surface area contributed by atoms with Gasteiger partial charge in [0, 0.05) is 26.7 Å². The van der Waals surface area contributed by atoms with Crippen LogP contribution in [0.1, 0.15) is 33.2 Å². The van der Waals surface area contributed by atoms with Gasteiger partial charge in [0.2, 0.25) is 0 Å². The first-order valence-electron chi connectivity index (χ1n) is 8.96. The van der Waals surface area contributed by atoms with Gasteiger partial charge >= 0.3 is 17.9 Å². The van der Waals surface area contributed by atoms with E-state index in [2.05, 4.69) is 4.98 Å². The van der Waals surface area contributed by atoms with E-state index < -0.39 is 36.2 Å². The predicted molar refractivity (Wildman–Crippen MR) is 105 cm³/mol. The molecule has 2 aromatic rings. The summed E-state index contributed by atoms with van der Waals surface area (Å²) in [6, 6.07) is 2.91. The lowest BCUT2D eigenvalue weighted by Gasteiger charge is -2.26. The van der Waals surface area contributed by atoms with E-state index in [0.29, 0.717) is 27.5 Å². The van der Waals surface area contributed by atoms with Crippen molar-refractivity contribution in [1.29, 1.82) is 0 Å². The third-order valence-corrected chi connectivity index (χ3v) is 5.51. The normalized spacial score (nSPS) is 23.8. The monoisotopic (exact) mass is 442 g/mol. The smallest absolute Gasteiger partial charge is 0.303 e. The zero-order valence-corrected chi connectivity index (χ0v) is 17.6. The Morgan fingerprint density at radius 1 is 1.03 bits per heavy atom. The molecule has 3 rings (SSSR count). The van der Waals surface area contributed by atoms with Crippen LogP contribution in [0, 0.1) is 5.92 Å². The average Bonchev–Trinajstić information content (AvgIpc) is 3.14. The first-order chi connectivity index (χ1) is 13.7. The largest absolute Gasteiger partial charge is 0.465 e. The Hall–Kier alpha value is -2.32. The van der Waals surface area contributed by atoms with Crippen molar-refractivity contribution in [3.8, 4) is 0 Å². The highest BCUT2D eigenvalue weighted by molar-refractivity contribution is 6.42. The highest BCUT2D eigenvalue weighted by Crippen LogP contribution is 2.41. The van der Waals surface area contributed by atoms with Crippen LogP contribution in [0.4, 0.5) is 0 Å². The molecule has 1 heterocycles. The van der Waals surface area contributed by atoms with E-state index in [4.69, 9.17) is 37.4 Å². The predicted octanol–water partition coefficient (Wildman–Crippen LogP) is 3.33. The van der Waals surface area contributed by atoms with Gasteiger partial charge in [-0.3, -0.25) is 14.4 Å². The first kappa shape index (κ1) is 21.4. The molecule has 156 valence electrons. The minimum absolute atomic E-state index is 0.0285. The maximum Gasteiger partial charge on any atom is 0.303 e. The molecule has 0 spiro atoms. The van der Waals surface area contributed by atoms with Crippen LogP contribution in [0.5, 0.6) is 0 Å². The Morgan fingerprint density at radius 3 is 2.28 bits per heavy atom. The molecule has 0 saturated heterocycles. The number of hydrogen-bond donors (Lipinski definition) is 0. The number of rotatable bonds is 5. The van der Waals surface area contributed by atoms with Crippen LogP contribution >= 0.6 is 23.2 Å². The van der Waals surface area contributed by atoms with E-state index in [-0.39, 0.29) is 12.5 Å². The van der Waals surface area contributed by atoms with E-state index in [1.54, 1.807) is 18.5 Å². The number of ether oxygens (including phenoxy) is 3. The van der Waals surface area contributed by atoms with Crippen LogP contribution in [0.2, 0.25) is 10.0 Å². The number of aromatic nitrogens is 2. The molecule has 1 aromatic heterocycles. The van der Waals surface area contributed by atoms with E-state index in [0.717, 1.165) is 0 Å². The van der Waals surface area contributed by atoms with Crippen molar-refractivity contribution in [3.63, 3.8) is 0 Å². The number of esters is 3. The molecule has 1 aromatic carbocycles. The van der Waals surface area contributed by atoms with Crippen molar-refractivity contribution >= 4 is 52.1 Å². The summed E-state index contributed by atoms with van der Waals surface area (Å²) < 4.78 is 18.0. The number of imidazole rings is 1. The zero-order valence-electron chi connectivity index (χ0n) is 16.1. The average molecular weight is 443 g/mol. The molecular formula is C19H20Cl2N2O6. The minimum Gasteiger partial charge on any atom is -0.465 e. The number of nitrogens with zero attached hydrogens (tertiary/aromatic N) is 2. The first-order valence-corrected chi connectivity index (χ1v) is 9.72. The van der Waals surface area contributed by atoms with Crippen molar-refractivity contribution in [2.45, 2.75) is 45.4 Å². The van der Waals surface area contributed by atoms with Gasteiger partial charge in [0.15, 0.2) is 6.10 Å². The maximum absolute atomic E-state index is 11.8. The summed E-state index contributed by atoms with van der Waals surface area (Å²) in [4.78, 5) is 39.1. The lowest BCUT2D eigenvalue weighted by molar-refractivity contribution is -0.168. The maximum atomic E-state index is 11.8. The lowest BCUT2D eigenvalue weighted by atomic mass is 10.1. The highest BCUT2D eigenvalue weighted by atomic mass is 35.5. The van der Waals surface area contributed by atoms with Crippen LogP contribution in [0.3, 0.4) is 0 Å². The molecule has 0 unspecified atom stereocenters. The molecular weight excluding hydrogens is 423 g/mol. The summed E-state index contributed by atoms with van der Waals surface area (Å²) in [6.45, 7) is 3.88. The number of fused-ring (bicyclic) bond motifs is 1. The molecule has 0 radical (unpaired) electrons. The standard InChI is InChI=1S/C19H20Cl2N2O6/c1-9(24)27-7-12-4-17(19(29-11(3)26)18(12)28-10(2)25)23-8-22-15-5-13(20)14(21)6-16(15)23/h5-6,8,12,17-19H,4,7H2,1-3H3/t12-,17-,18-,19+/m0/s1. The molecule has 0 N–H and O–H groups in total. The molecule has 1 fully saturated rings. The van der Waals surface area contributed by atoms with Gasteiger partial charge in [-0.15, -0.1) is 0 Å². The quantitative estimate of drug-likeness (QED) is 0.517. The van der Waals surface area contributed by atoms with Gasteiger partial charge in [0.1, 0.15) is 6.10 Å². The molecule has 1 saturated carbocycles. The number of carbonyl (C=O) groups excluding carboxylic acids is 3. The van der Waals surface area contributed by atoms with Gasteiger partial charge in [-0.1, -0.05) is 23.2 Å². The number of halogens is 2. The second-order valence-electron chi connectivity index (χ2n) is 6.92. The van der Waals surface area contributed by atoms with Crippen LogP contribution < -0.4 is 0 Å². The molecule has 10 heteroatoms. The fourth-order valence-electron chi connectivity index (χ4n) is 3.70. The summed E-state index contributed by atoms with van der Waals surface area (Å²) in [5.74, 6) is -1.85. The van der Waals surface area contributed by atoms with E-state index in [1.807, 2.05) is 4.57 Å². The fourth-order valence-corrected chi connectivity index (χ4v) is 4.02. The van der Waals surface area contributed by atoms with Crippen molar-refractivity contribution in [1.82, 2.24) is 9.55 Å². The number of carbonyl (C=O) groups is 3. The molecule has 8 nitrogen and oxygen atoms in total. The topological polar surface area (TPSA) is 96.7 Å². The second-order valence-corrected chi connectivity index (χ2v) is 7.74. The summed E-state index contributed by atoms with van der Waals surface area (Å²) >= 11 is 12.2. The number of benzene rings is 1. The Morgan fingerprint density at radius 2 is 1.66 bits per heavy atom. The lowest BCUT2D eigenvalue weighted by Crippen LogP contribution is -2.38. The van der Waals surface area contributed by atoms with Gasteiger partial charge in [-0.05, 0) is 18.6 Å². The summed E-state index contributed by atoms with van der Waals surface area (Å²) in [5.41, 5.74) is 1.31.